The Labute approximate surface area is 109 Å². The molecule has 2 rings (SSSR count). The van der Waals surface area contributed by atoms with Gasteiger partial charge in [-0.2, -0.15) is 0 Å². The van der Waals surface area contributed by atoms with E-state index in [-0.39, 0.29) is 0 Å². The van der Waals surface area contributed by atoms with Gasteiger partial charge in [0.15, 0.2) is 0 Å². The number of benzene rings is 1. The van der Waals surface area contributed by atoms with Crippen molar-refractivity contribution in [3.63, 3.8) is 0 Å². The fourth-order valence-electron chi connectivity index (χ4n) is 2.30. The van der Waals surface area contributed by atoms with Gasteiger partial charge in [-0.25, -0.2) is 0 Å². The fraction of sp³-hybridized carbons (Fsp3) is 0.571. The van der Waals surface area contributed by atoms with Gasteiger partial charge >= 0.3 is 0 Å². The SMILES string of the molecule is CSc1ccc(NCCC2CCCNC2)cc1. The second kappa shape index (κ2) is 6.92. The zero-order chi connectivity index (χ0) is 11.9. The zero-order valence-electron chi connectivity index (χ0n) is 10.5. The Morgan fingerprint density at radius 2 is 2.18 bits per heavy atom. The molecule has 0 bridgehead atoms. The van der Waals surface area contributed by atoms with Gasteiger partial charge < -0.3 is 10.6 Å². The van der Waals surface area contributed by atoms with E-state index in [1.54, 1.807) is 11.8 Å². The van der Waals surface area contributed by atoms with Crippen LogP contribution in [-0.4, -0.2) is 25.9 Å². The van der Waals surface area contributed by atoms with Crippen LogP contribution in [0.4, 0.5) is 5.69 Å². The van der Waals surface area contributed by atoms with Crippen molar-refractivity contribution >= 4 is 17.4 Å². The predicted octanol–water partition coefficient (Wildman–Crippen LogP) is 3.21. The molecule has 2 N–H and O–H groups in total. The van der Waals surface area contributed by atoms with Gasteiger partial charge in [0, 0.05) is 17.1 Å². The van der Waals surface area contributed by atoms with Gasteiger partial charge in [0.25, 0.3) is 0 Å². The second-order valence-electron chi connectivity index (χ2n) is 4.66. The number of thioether (sulfide) groups is 1. The maximum atomic E-state index is 3.51. The Hall–Kier alpha value is -0.670. The highest BCUT2D eigenvalue weighted by Gasteiger charge is 2.11. The summed E-state index contributed by atoms with van der Waals surface area (Å²) in [6.45, 7) is 3.50. The molecular formula is C14H22N2S. The van der Waals surface area contributed by atoms with Gasteiger partial charge in [-0.3, -0.25) is 0 Å². The van der Waals surface area contributed by atoms with Gasteiger partial charge in [0.05, 0.1) is 0 Å². The standard InChI is InChI=1S/C14H22N2S/c1-17-14-6-4-13(5-7-14)16-10-8-12-3-2-9-15-11-12/h4-7,12,15-16H,2-3,8-11H2,1H3. The summed E-state index contributed by atoms with van der Waals surface area (Å²) in [5.74, 6) is 0.863. The Bertz CT molecular complexity index is 317. The summed E-state index contributed by atoms with van der Waals surface area (Å²) in [5, 5.41) is 6.97. The van der Waals surface area contributed by atoms with E-state index < -0.39 is 0 Å². The van der Waals surface area contributed by atoms with Crippen LogP contribution < -0.4 is 10.6 Å². The fourth-order valence-corrected chi connectivity index (χ4v) is 2.71. The summed E-state index contributed by atoms with van der Waals surface area (Å²) in [5.41, 5.74) is 1.24. The molecule has 1 saturated heterocycles. The summed E-state index contributed by atoms with van der Waals surface area (Å²) in [4.78, 5) is 1.33. The van der Waals surface area contributed by atoms with Gasteiger partial charge in [0.1, 0.15) is 0 Å². The van der Waals surface area contributed by atoms with Crippen LogP contribution in [0.2, 0.25) is 0 Å². The molecular weight excluding hydrogens is 228 g/mol. The summed E-state index contributed by atoms with van der Waals surface area (Å²) < 4.78 is 0. The lowest BCUT2D eigenvalue weighted by Crippen LogP contribution is -2.30. The third-order valence-electron chi connectivity index (χ3n) is 3.37. The Balaban J connectivity index is 1.69. The van der Waals surface area contributed by atoms with Crippen LogP contribution in [0.3, 0.4) is 0 Å². The number of hydrogen-bond donors (Lipinski definition) is 2. The van der Waals surface area contributed by atoms with Crippen molar-refractivity contribution in [3.05, 3.63) is 24.3 Å². The molecule has 0 spiro atoms. The lowest BCUT2D eigenvalue weighted by atomic mass is 9.96. The van der Waals surface area contributed by atoms with E-state index in [0.717, 1.165) is 12.5 Å². The number of piperidine rings is 1. The molecule has 17 heavy (non-hydrogen) atoms. The van der Waals surface area contributed by atoms with Crippen molar-refractivity contribution < 1.29 is 0 Å². The monoisotopic (exact) mass is 250 g/mol. The van der Waals surface area contributed by atoms with Gasteiger partial charge in [-0.1, -0.05) is 0 Å². The molecule has 2 nitrogen and oxygen atoms in total. The van der Waals surface area contributed by atoms with Crippen LogP contribution in [0.25, 0.3) is 0 Å². The Morgan fingerprint density at radius 1 is 1.35 bits per heavy atom. The highest BCUT2D eigenvalue weighted by atomic mass is 32.2. The van der Waals surface area contributed by atoms with E-state index in [4.69, 9.17) is 0 Å². The normalized spacial score (nSPS) is 20.2. The maximum Gasteiger partial charge on any atom is 0.0340 e. The summed E-state index contributed by atoms with van der Waals surface area (Å²) in [6, 6.07) is 8.69. The molecule has 0 radical (unpaired) electrons. The van der Waals surface area contributed by atoms with Crippen LogP contribution in [0.1, 0.15) is 19.3 Å². The van der Waals surface area contributed by atoms with E-state index in [0.29, 0.717) is 0 Å². The average Bonchev–Trinajstić information content (AvgIpc) is 2.41. The number of anilines is 1. The molecule has 1 fully saturated rings. The van der Waals surface area contributed by atoms with Crippen LogP contribution in [0.15, 0.2) is 29.2 Å². The smallest absolute Gasteiger partial charge is 0.0340 e. The Morgan fingerprint density at radius 3 is 2.82 bits per heavy atom. The number of hydrogen-bond acceptors (Lipinski definition) is 3. The van der Waals surface area contributed by atoms with E-state index >= 15 is 0 Å². The summed E-state index contributed by atoms with van der Waals surface area (Å²) >= 11 is 1.79. The van der Waals surface area contributed by atoms with Crippen molar-refractivity contribution in [1.29, 1.82) is 0 Å². The molecule has 0 aromatic heterocycles. The lowest BCUT2D eigenvalue weighted by molar-refractivity contribution is 0.364. The van der Waals surface area contributed by atoms with Crippen LogP contribution in [0, 0.1) is 5.92 Å². The molecule has 1 aromatic rings. The van der Waals surface area contributed by atoms with Crippen molar-refractivity contribution in [1.82, 2.24) is 5.32 Å². The van der Waals surface area contributed by atoms with Crippen LogP contribution in [-0.2, 0) is 0 Å². The molecule has 94 valence electrons. The third kappa shape index (κ3) is 4.25. The van der Waals surface area contributed by atoms with Crippen molar-refractivity contribution in [2.75, 3.05) is 31.2 Å². The minimum atomic E-state index is 0.863. The maximum absolute atomic E-state index is 3.51. The number of nitrogens with one attached hydrogen (secondary N) is 2. The molecule has 1 unspecified atom stereocenters. The van der Waals surface area contributed by atoms with Crippen LogP contribution in [0.5, 0.6) is 0 Å². The first-order valence-corrected chi connectivity index (χ1v) is 7.69. The highest BCUT2D eigenvalue weighted by molar-refractivity contribution is 7.98. The highest BCUT2D eigenvalue weighted by Crippen LogP contribution is 2.18. The lowest BCUT2D eigenvalue weighted by Gasteiger charge is -2.22. The molecule has 1 atom stereocenters. The summed E-state index contributed by atoms with van der Waals surface area (Å²) in [7, 11) is 0. The molecule has 0 amide bonds. The molecule has 1 aliphatic heterocycles. The second-order valence-corrected chi connectivity index (χ2v) is 5.54. The Kier molecular flexibility index (Phi) is 5.20. The van der Waals surface area contributed by atoms with Crippen molar-refractivity contribution in [3.8, 4) is 0 Å². The molecule has 0 aliphatic carbocycles. The van der Waals surface area contributed by atoms with E-state index in [9.17, 15) is 0 Å². The van der Waals surface area contributed by atoms with Crippen LogP contribution >= 0.6 is 11.8 Å². The molecule has 3 heteroatoms. The van der Waals surface area contributed by atoms with Gasteiger partial charge in [0.2, 0.25) is 0 Å². The first kappa shape index (κ1) is 12.8. The summed E-state index contributed by atoms with van der Waals surface area (Å²) in [6.07, 6.45) is 6.11. The quantitative estimate of drug-likeness (QED) is 0.785. The van der Waals surface area contributed by atoms with Gasteiger partial charge in [-0.15, -0.1) is 11.8 Å². The first-order chi connectivity index (χ1) is 8.38. The largest absolute Gasteiger partial charge is 0.385 e. The average molecular weight is 250 g/mol. The van der Waals surface area contributed by atoms with E-state index in [2.05, 4.69) is 41.2 Å². The van der Waals surface area contributed by atoms with E-state index in [1.165, 1.54) is 42.9 Å². The van der Waals surface area contributed by atoms with Crippen molar-refractivity contribution in [2.45, 2.75) is 24.2 Å². The van der Waals surface area contributed by atoms with Crippen molar-refractivity contribution in [2.24, 2.45) is 5.92 Å². The molecule has 1 aromatic carbocycles. The molecule has 1 heterocycles. The minimum Gasteiger partial charge on any atom is -0.385 e. The third-order valence-corrected chi connectivity index (χ3v) is 4.11. The zero-order valence-corrected chi connectivity index (χ0v) is 11.4. The van der Waals surface area contributed by atoms with Gasteiger partial charge in [-0.05, 0) is 68.8 Å². The first-order valence-electron chi connectivity index (χ1n) is 6.47. The molecule has 0 saturated carbocycles. The minimum absolute atomic E-state index is 0.863. The topological polar surface area (TPSA) is 24.1 Å². The number of rotatable bonds is 5. The van der Waals surface area contributed by atoms with E-state index in [1.807, 2.05) is 0 Å². The molecule has 1 aliphatic rings. The predicted molar refractivity (Wildman–Crippen MR) is 76.9 cm³/mol.